The van der Waals surface area contributed by atoms with Gasteiger partial charge < -0.3 is 9.64 Å². The van der Waals surface area contributed by atoms with E-state index in [2.05, 4.69) is 0 Å². The summed E-state index contributed by atoms with van der Waals surface area (Å²) in [4.78, 5) is 13.5. The SMILES string of the molecule is O=C([C@H]1CCCO1)N1CCN(S(=O)(=O)c2ccc(F)c(F)c2)CC1. The number of carbonyl (C=O) groups excluding carboxylic acids is 1. The number of carbonyl (C=O) groups is 1. The number of rotatable bonds is 3. The van der Waals surface area contributed by atoms with Crippen LogP contribution in [-0.4, -0.2) is 62.4 Å². The molecule has 0 aliphatic carbocycles. The van der Waals surface area contributed by atoms with E-state index in [1.165, 1.54) is 4.31 Å². The van der Waals surface area contributed by atoms with Crippen molar-refractivity contribution in [3.05, 3.63) is 29.8 Å². The molecule has 0 radical (unpaired) electrons. The molecule has 24 heavy (non-hydrogen) atoms. The summed E-state index contributed by atoms with van der Waals surface area (Å²) < 4.78 is 57.8. The Hall–Kier alpha value is -1.58. The van der Waals surface area contributed by atoms with E-state index < -0.39 is 27.8 Å². The van der Waals surface area contributed by atoms with Crippen LogP contribution in [0.4, 0.5) is 8.78 Å². The molecule has 9 heteroatoms. The van der Waals surface area contributed by atoms with Gasteiger partial charge >= 0.3 is 0 Å². The first-order valence-corrected chi connectivity index (χ1v) is 9.19. The predicted molar refractivity (Wildman–Crippen MR) is 80.7 cm³/mol. The maximum absolute atomic E-state index is 13.3. The first-order chi connectivity index (χ1) is 11.4. The number of nitrogens with zero attached hydrogens (tertiary/aromatic N) is 2. The van der Waals surface area contributed by atoms with E-state index in [1.54, 1.807) is 4.90 Å². The van der Waals surface area contributed by atoms with E-state index in [-0.39, 0.29) is 37.0 Å². The van der Waals surface area contributed by atoms with Crippen LogP contribution in [0.1, 0.15) is 12.8 Å². The van der Waals surface area contributed by atoms with Gasteiger partial charge in [-0.05, 0) is 31.0 Å². The molecule has 1 amide bonds. The zero-order chi connectivity index (χ0) is 17.3. The van der Waals surface area contributed by atoms with Crippen molar-refractivity contribution in [2.75, 3.05) is 32.8 Å². The lowest BCUT2D eigenvalue weighted by Crippen LogP contribution is -2.52. The average molecular weight is 360 g/mol. The number of amides is 1. The Kier molecular flexibility index (Phi) is 4.84. The highest BCUT2D eigenvalue weighted by atomic mass is 32.2. The Labute approximate surface area is 139 Å². The van der Waals surface area contributed by atoms with Gasteiger partial charge in [0.15, 0.2) is 11.6 Å². The maximum Gasteiger partial charge on any atom is 0.251 e. The fraction of sp³-hybridized carbons (Fsp3) is 0.533. The van der Waals surface area contributed by atoms with E-state index >= 15 is 0 Å². The summed E-state index contributed by atoms with van der Waals surface area (Å²) in [6.07, 6.45) is 1.10. The number of ether oxygens (including phenoxy) is 1. The number of piperazine rings is 1. The van der Waals surface area contributed by atoms with Crippen molar-refractivity contribution in [2.45, 2.75) is 23.8 Å². The second-order valence-corrected chi connectivity index (χ2v) is 7.74. The molecule has 1 aromatic carbocycles. The van der Waals surface area contributed by atoms with Crippen molar-refractivity contribution in [1.82, 2.24) is 9.21 Å². The van der Waals surface area contributed by atoms with E-state index in [0.29, 0.717) is 19.1 Å². The quantitative estimate of drug-likeness (QED) is 0.806. The maximum atomic E-state index is 13.3. The highest BCUT2D eigenvalue weighted by molar-refractivity contribution is 7.89. The standard InChI is InChI=1S/C15H18F2N2O4S/c16-12-4-3-11(10-13(12)17)24(21,22)19-7-5-18(6-8-19)15(20)14-2-1-9-23-14/h3-4,10,14H,1-2,5-9H2/t14-/m1/s1. The molecule has 132 valence electrons. The molecule has 2 aliphatic heterocycles. The molecule has 2 fully saturated rings. The van der Waals surface area contributed by atoms with E-state index in [4.69, 9.17) is 4.74 Å². The van der Waals surface area contributed by atoms with Crippen molar-refractivity contribution in [3.8, 4) is 0 Å². The van der Waals surface area contributed by atoms with Crippen LogP contribution in [0.2, 0.25) is 0 Å². The number of hydrogen-bond donors (Lipinski definition) is 0. The van der Waals surface area contributed by atoms with Crippen LogP contribution in [0, 0.1) is 11.6 Å². The molecular weight excluding hydrogens is 342 g/mol. The lowest BCUT2D eigenvalue weighted by molar-refractivity contribution is -0.142. The Morgan fingerprint density at radius 2 is 1.83 bits per heavy atom. The van der Waals surface area contributed by atoms with Gasteiger partial charge in [-0.1, -0.05) is 0 Å². The molecule has 0 N–H and O–H groups in total. The Morgan fingerprint density at radius 3 is 2.42 bits per heavy atom. The summed E-state index contributed by atoms with van der Waals surface area (Å²) in [6, 6.07) is 2.51. The number of hydrogen-bond acceptors (Lipinski definition) is 4. The molecule has 1 aromatic rings. The molecule has 0 spiro atoms. The molecule has 0 unspecified atom stereocenters. The third-order valence-corrected chi connectivity index (χ3v) is 6.18. The normalized spacial score (nSPS) is 22.8. The first-order valence-electron chi connectivity index (χ1n) is 7.75. The zero-order valence-corrected chi connectivity index (χ0v) is 13.8. The number of benzene rings is 1. The molecule has 3 rings (SSSR count). The predicted octanol–water partition coefficient (Wildman–Crippen LogP) is 0.977. The lowest BCUT2D eigenvalue weighted by atomic mass is 10.2. The highest BCUT2D eigenvalue weighted by Crippen LogP contribution is 2.21. The monoisotopic (exact) mass is 360 g/mol. The second kappa shape index (κ2) is 6.73. The van der Waals surface area contributed by atoms with Crippen LogP contribution in [0.5, 0.6) is 0 Å². The molecule has 0 bridgehead atoms. The van der Waals surface area contributed by atoms with Crippen LogP contribution in [0.3, 0.4) is 0 Å². The summed E-state index contributed by atoms with van der Waals surface area (Å²) >= 11 is 0. The van der Waals surface area contributed by atoms with Crippen molar-refractivity contribution in [3.63, 3.8) is 0 Å². The fourth-order valence-electron chi connectivity index (χ4n) is 2.91. The van der Waals surface area contributed by atoms with Gasteiger partial charge in [-0.15, -0.1) is 0 Å². The minimum Gasteiger partial charge on any atom is -0.368 e. The fourth-order valence-corrected chi connectivity index (χ4v) is 4.35. The van der Waals surface area contributed by atoms with Gasteiger partial charge in [-0.3, -0.25) is 4.79 Å². The Bertz CT molecular complexity index is 727. The van der Waals surface area contributed by atoms with Crippen LogP contribution in [-0.2, 0) is 19.6 Å². The van der Waals surface area contributed by atoms with Crippen molar-refractivity contribution in [2.24, 2.45) is 0 Å². The van der Waals surface area contributed by atoms with Crippen molar-refractivity contribution >= 4 is 15.9 Å². The van der Waals surface area contributed by atoms with Gasteiger partial charge in [0.1, 0.15) is 6.10 Å². The molecule has 1 atom stereocenters. The van der Waals surface area contributed by atoms with E-state index in [9.17, 15) is 22.0 Å². The number of sulfonamides is 1. The summed E-state index contributed by atoms with van der Waals surface area (Å²) in [6.45, 7) is 1.30. The Morgan fingerprint density at radius 1 is 1.12 bits per heavy atom. The summed E-state index contributed by atoms with van der Waals surface area (Å²) in [5, 5.41) is 0. The van der Waals surface area contributed by atoms with Crippen LogP contribution >= 0.6 is 0 Å². The summed E-state index contributed by atoms with van der Waals surface area (Å²) in [5.74, 6) is -2.42. The largest absolute Gasteiger partial charge is 0.368 e. The summed E-state index contributed by atoms with van der Waals surface area (Å²) in [7, 11) is -3.91. The number of halogens is 2. The van der Waals surface area contributed by atoms with Crippen LogP contribution in [0.25, 0.3) is 0 Å². The van der Waals surface area contributed by atoms with Gasteiger partial charge in [-0.2, -0.15) is 4.31 Å². The zero-order valence-electron chi connectivity index (χ0n) is 13.0. The van der Waals surface area contributed by atoms with E-state index in [1.807, 2.05) is 0 Å². The minimum absolute atomic E-state index is 0.111. The first kappa shape index (κ1) is 17.2. The molecule has 2 aliphatic rings. The Balaban J connectivity index is 1.67. The van der Waals surface area contributed by atoms with Gasteiger partial charge in [0, 0.05) is 32.8 Å². The molecule has 2 saturated heterocycles. The topological polar surface area (TPSA) is 66.9 Å². The van der Waals surface area contributed by atoms with Crippen molar-refractivity contribution < 1.29 is 26.7 Å². The average Bonchev–Trinajstić information content (AvgIpc) is 3.11. The van der Waals surface area contributed by atoms with E-state index in [0.717, 1.165) is 18.6 Å². The second-order valence-electron chi connectivity index (χ2n) is 5.81. The molecular formula is C15H18F2N2O4S. The lowest BCUT2D eigenvalue weighted by Gasteiger charge is -2.35. The van der Waals surface area contributed by atoms with Gasteiger partial charge in [0.2, 0.25) is 10.0 Å². The third kappa shape index (κ3) is 3.28. The summed E-state index contributed by atoms with van der Waals surface area (Å²) in [5.41, 5.74) is 0. The third-order valence-electron chi connectivity index (χ3n) is 4.28. The van der Waals surface area contributed by atoms with Crippen LogP contribution in [0.15, 0.2) is 23.1 Å². The molecule has 2 heterocycles. The smallest absolute Gasteiger partial charge is 0.251 e. The highest BCUT2D eigenvalue weighted by Gasteiger charge is 2.34. The van der Waals surface area contributed by atoms with Gasteiger partial charge in [0.05, 0.1) is 4.90 Å². The van der Waals surface area contributed by atoms with Gasteiger partial charge in [0.25, 0.3) is 5.91 Å². The van der Waals surface area contributed by atoms with Crippen LogP contribution < -0.4 is 0 Å². The molecule has 0 aromatic heterocycles. The van der Waals surface area contributed by atoms with Gasteiger partial charge in [-0.25, -0.2) is 17.2 Å². The molecule has 6 nitrogen and oxygen atoms in total. The van der Waals surface area contributed by atoms with Crippen molar-refractivity contribution in [1.29, 1.82) is 0 Å². The molecule has 0 saturated carbocycles. The minimum atomic E-state index is -3.91.